The maximum atomic E-state index is 11.3. The van der Waals surface area contributed by atoms with Gasteiger partial charge in [0.15, 0.2) is 5.78 Å². The molecule has 1 rings (SSSR count). The highest BCUT2D eigenvalue weighted by atomic mass is 79.9. The van der Waals surface area contributed by atoms with E-state index in [0.29, 0.717) is 5.56 Å². The maximum absolute atomic E-state index is 11.3. The predicted octanol–water partition coefficient (Wildman–Crippen LogP) is 1.74. The Hall–Kier alpha value is -0.520. The summed E-state index contributed by atoms with van der Waals surface area (Å²) in [6.45, 7) is -0.633. The monoisotopic (exact) mass is 294 g/mol. The fourth-order valence-corrected chi connectivity index (χ4v) is 1.41. The number of phosphoric ester groups is 1. The van der Waals surface area contributed by atoms with E-state index in [1.165, 1.54) is 12.1 Å². The fraction of sp³-hybridized carbons (Fsp3) is 0.125. The molecule has 0 saturated heterocycles. The lowest BCUT2D eigenvalue weighted by molar-refractivity contribution is 0.0884. The lowest BCUT2D eigenvalue weighted by atomic mass is 10.1. The van der Waals surface area contributed by atoms with Crippen molar-refractivity contribution in [3.8, 4) is 0 Å². The summed E-state index contributed by atoms with van der Waals surface area (Å²) in [5, 5.41) is 0. The van der Waals surface area contributed by atoms with E-state index in [0.717, 1.165) is 4.47 Å². The van der Waals surface area contributed by atoms with Gasteiger partial charge in [-0.3, -0.25) is 9.32 Å². The third kappa shape index (κ3) is 4.68. The number of halogens is 1. The highest BCUT2D eigenvalue weighted by molar-refractivity contribution is 9.10. The number of benzene rings is 1. The van der Waals surface area contributed by atoms with Crippen molar-refractivity contribution in [1.29, 1.82) is 0 Å². The van der Waals surface area contributed by atoms with Crippen molar-refractivity contribution < 1.29 is 23.7 Å². The fourth-order valence-electron chi connectivity index (χ4n) is 0.862. The first-order valence-corrected chi connectivity index (χ1v) is 6.20. The first-order valence-electron chi connectivity index (χ1n) is 3.87. The second-order valence-electron chi connectivity index (χ2n) is 2.69. The molecule has 0 atom stereocenters. The van der Waals surface area contributed by atoms with Crippen LogP contribution in [0.25, 0.3) is 0 Å². The van der Waals surface area contributed by atoms with Crippen molar-refractivity contribution in [3.63, 3.8) is 0 Å². The lowest BCUT2D eigenvalue weighted by Crippen LogP contribution is -2.07. The van der Waals surface area contributed by atoms with Crippen LogP contribution >= 0.6 is 23.8 Å². The van der Waals surface area contributed by atoms with Crippen molar-refractivity contribution in [2.24, 2.45) is 0 Å². The largest absolute Gasteiger partial charge is 0.470 e. The van der Waals surface area contributed by atoms with Crippen LogP contribution in [0.2, 0.25) is 0 Å². The number of ketones is 1. The molecule has 0 aliphatic carbocycles. The molecule has 7 heteroatoms. The van der Waals surface area contributed by atoms with E-state index in [-0.39, 0.29) is 0 Å². The molecule has 0 radical (unpaired) electrons. The van der Waals surface area contributed by atoms with Crippen LogP contribution in [0.4, 0.5) is 0 Å². The van der Waals surface area contributed by atoms with Gasteiger partial charge in [-0.05, 0) is 12.1 Å². The van der Waals surface area contributed by atoms with Gasteiger partial charge in [-0.25, -0.2) is 4.57 Å². The molecule has 1 aromatic rings. The van der Waals surface area contributed by atoms with E-state index in [9.17, 15) is 9.36 Å². The molecule has 15 heavy (non-hydrogen) atoms. The van der Waals surface area contributed by atoms with Crippen molar-refractivity contribution in [2.75, 3.05) is 6.61 Å². The normalized spacial score (nSPS) is 11.4. The second kappa shape index (κ2) is 5.01. The summed E-state index contributed by atoms with van der Waals surface area (Å²) < 4.78 is 15.2. The molecule has 0 amide bonds. The van der Waals surface area contributed by atoms with Crippen LogP contribution in [-0.2, 0) is 9.09 Å². The van der Waals surface area contributed by atoms with E-state index < -0.39 is 20.2 Å². The van der Waals surface area contributed by atoms with Crippen LogP contribution in [0.1, 0.15) is 10.4 Å². The van der Waals surface area contributed by atoms with Gasteiger partial charge >= 0.3 is 7.82 Å². The van der Waals surface area contributed by atoms with Crippen LogP contribution in [-0.4, -0.2) is 22.2 Å². The highest BCUT2D eigenvalue weighted by Crippen LogP contribution is 2.35. The molecule has 0 fully saturated rings. The molecule has 0 bridgehead atoms. The minimum absolute atomic E-state index is 0.339. The number of hydrogen-bond donors (Lipinski definition) is 2. The van der Waals surface area contributed by atoms with Gasteiger partial charge in [0.25, 0.3) is 0 Å². The Kier molecular flexibility index (Phi) is 4.19. The zero-order valence-electron chi connectivity index (χ0n) is 7.46. The lowest BCUT2D eigenvalue weighted by Gasteiger charge is -2.04. The van der Waals surface area contributed by atoms with Crippen molar-refractivity contribution in [3.05, 3.63) is 34.3 Å². The molecule has 0 unspecified atom stereocenters. The summed E-state index contributed by atoms with van der Waals surface area (Å²) in [5.74, 6) is -0.481. The van der Waals surface area contributed by atoms with Gasteiger partial charge in [0.05, 0.1) is 0 Å². The number of hydrogen-bond acceptors (Lipinski definition) is 3. The molecule has 82 valence electrons. The summed E-state index contributed by atoms with van der Waals surface area (Å²) in [6, 6.07) is 6.39. The average Bonchev–Trinajstić information content (AvgIpc) is 2.14. The minimum Gasteiger partial charge on any atom is -0.303 e. The maximum Gasteiger partial charge on any atom is 0.470 e. The molecular formula is C8H8BrO5P. The smallest absolute Gasteiger partial charge is 0.303 e. The summed E-state index contributed by atoms with van der Waals surface area (Å²) in [6.07, 6.45) is 0. The predicted molar refractivity (Wildman–Crippen MR) is 56.5 cm³/mol. The van der Waals surface area contributed by atoms with Gasteiger partial charge < -0.3 is 9.79 Å². The molecule has 0 spiro atoms. The van der Waals surface area contributed by atoms with Crippen molar-refractivity contribution in [2.45, 2.75) is 0 Å². The Bertz CT molecular complexity index is 396. The molecule has 0 aliphatic rings. The number of Topliss-reactive ketones (excluding diaryl/α,β-unsaturated/α-hetero) is 1. The van der Waals surface area contributed by atoms with E-state index in [1.54, 1.807) is 12.1 Å². The number of carbonyl (C=O) groups is 1. The van der Waals surface area contributed by atoms with Gasteiger partial charge in [-0.1, -0.05) is 28.1 Å². The molecule has 0 aromatic heterocycles. The van der Waals surface area contributed by atoms with E-state index in [4.69, 9.17) is 9.79 Å². The van der Waals surface area contributed by atoms with Gasteiger partial charge in [0.2, 0.25) is 0 Å². The summed E-state index contributed by atoms with van der Waals surface area (Å²) in [7, 11) is -4.58. The topological polar surface area (TPSA) is 83.8 Å². The molecule has 0 heterocycles. The zero-order valence-corrected chi connectivity index (χ0v) is 9.94. The Labute approximate surface area is 94.4 Å². The van der Waals surface area contributed by atoms with E-state index >= 15 is 0 Å². The van der Waals surface area contributed by atoms with Gasteiger partial charge in [-0.2, -0.15) is 0 Å². The third-order valence-electron chi connectivity index (χ3n) is 1.53. The number of carbonyl (C=O) groups excluding carboxylic acids is 1. The summed E-state index contributed by atoms with van der Waals surface area (Å²) >= 11 is 3.20. The molecular weight excluding hydrogens is 287 g/mol. The third-order valence-corrected chi connectivity index (χ3v) is 2.52. The average molecular weight is 295 g/mol. The Morgan fingerprint density at radius 2 is 1.87 bits per heavy atom. The Balaban J connectivity index is 2.62. The van der Waals surface area contributed by atoms with Crippen LogP contribution in [0, 0.1) is 0 Å². The van der Waals surface area contributed by atoms with Crippen LogP contribution in [0.15, 0.2) is 28.7 Å². The van der Waals surface area contributed by atoms with E-state index in [2.05, 4.69) is 20.5 Å². The van der Waals surface area contributed by atoms with E-state index in [1.807, 2.05) is 0 Å². The standard InChI is InChI=1S/C8H8BrO5P/c9-7-3-1-6(2-4-7)8(10)5-14-15(11,12)13/h1-4H,5H2,(H2,11,12,13). The molecule has 0 aliphatic heterocycles. The second-order valence-corrected chi connectivity index (χ2v) is 4.85. The van der Waals surface area contributed by atoms with Crippen molar-refractivity contribution >= 4 is 29.5 Å². The summed E-state index contributed by atoms with van der Waals surface area (Å²) in [4.78, 5) is 28.1. The minimum atomic E-state index is -4.58. The number of phosphoric acid groups is 1. The molecule has 5 nitrogen and oxygen atoms in total. The van der Waals surface area contributed by atoms with Gasteiger partial charge in [0.1, 0.15) is 6.61 Å². The number of rotatable bonds is 4. The van der Waals surface area contributed by atoms with Crippen molar-refractivity contribution in [1.82, 2.24) is 0 Å². The van der Waals surface area contributed by atoms with Crippen LogP contribution < -0.4 is 0 Å². The summed E-state index contributed by atoms with van der Waals surface area (Å²) in [5.41, 5.74) is 0.339. The molecule has 0 saturated carbocycles. The first-order chi connectivity index (χ1) is 6.88. The Morgan fingerprint density at radius 3 is 2.33 bits per heavy atom. The quantitative estimate of drug-likeness (QED) is 0.653. The van der Waals surface area contributed by atoms with Crippen LogP contribution in [0.3, 0.4) is 0 Å². The highest BCUT2D eigenvalue weighted by Gasteiger charge is 2.16. The van der Waals surface area contributed by atoms with Crippen LogP contribution in [0.5, 0.6) is 0 Å². The molecule has 2 N–H and O–H groups in total. The SMILES string of the molecule is O=C(COP(=O)(O)O)c1ccc(Br)cc1. The zero-order chi connectivity index (χ0) is 11.5. The van der Waals surface area contributed by atoms with Gasteiger partial charge in [-0.15, -0.1) is 0 Å². The van der Waals surface area contributed by atoms with Gasteiger partial charge in [0, 0.05) is 10.0 Å². The first kappa shape index (κ1) is 12.5. The Morgan fingerprint density at radius 1 is 1.33 bits per heavy atom. The molecule has 1 aromatic carbocycles.